The Kier molecular flexibility index (Phi) is 14.6. The van der Waals surface area contributed by atoms with E-state index in [1.807, 2.05) is 18.2 Å². The molecular formula is C51H64F2N10O8. The minimum Gasteiger partial charge on any atom is -0.444 e. The van der Waals surface area contributed by atoms with Gasteiger partial charge in [-0.1, -0.05) is 12.1 Å². The fourth-order valence-corrected chi connectivity index (χ4v) is 10.4. The predicted octanol–water partition coefficient (Wildman–Crippen LogP) is 8.14. The Balaban J connectivity index is 0.739. The number of aryl methyl sites for hydroxylation is 2. The summed E-state index contributed by atoms with van der Waals surface area (Å²) in [6.07, 6.45) is 10.1. The van der Waals surface area contributed by atoms with Gasteiger partial charge in [-0.25, -0.2) is 28.3 Å². The summed E-state index contributed by atoms with van der Waals surface area (Å²) in [4.78, 5) is 77.1. The minimum absolute atomic E-state index is 0.0829. The van der Waals surface area contributed by atoms with Crippen molar-refractivity contribution in [1.82, 2.24) is 39.1 Å². The standard InChI is InChI=1S/C51H64F2N10O8/c1-30(60-23-20-36(21-24-60)69-25-7-9-33-8-6-10-39-44(33)59(5)49(67)63(39)40-17-18-42(64)57-47(40)66)32-13-15-35(16-14-32)62-28-37(43(58-62)45(52)53)55-46(65)38-29-70-48(56-38)34-19-22-54-41(26-34)61(27-31-11-12-31)50(68)71-51(2,3)4/h6,8,10,19,22,26,28-32,35-36,40,45H,7,9,11-18,20-21,23-25,27H2,1-5H3,(H,55,65)(H,57,64,66). The van der Waals surface area contributed by atoms with Crippen LogP contribution in [0.15, 0.2) is 58.2 Å². The van der Waals surface area contributed by atoms with E-state index < -0.39 is 41.7 Å². The molecule has 2 unspecified atom stereocenters. The molecule has 1 aromatic carbocycles. The lowest BCUT2D eigenvalue weighted by Crippen LogP contribution is -2.46. The summed E-state index contributed by atoms with van der Waals surface area (Å²) >= 11 is 0. The molecule has 2 saturated heterocycles. The first-order chi connectivity index (χ1) is 34.0. The van der Waals surface area contributed by atoms with Gasteiger partial charge in [-0.05, 0) is 134 Å². The van der Waals surface area contributed by atoms with Crippen molar-refractivity contribution in [2.75, 3.05) is 36.5 Å². The van der Waals surface area contributed by atoms with E-state index in [9.17, 15) is 32.8 Å². The van der Waals surface area contributed by atoms with Crippen LogP contribution in [0.25, 0.3) is 22.5 Å². The van der Waals surface area contributed by atoms with Gasteiger partial charge < -0.3 is 24.1 Å². The van der Waals surface area contributed by atoms with Crippen LogP contribution in [0, 0.1) is 11.8 Å². The van der Waals surface area contributed by atoms with Crippen molar-refractivity contribution in [3.05, 3.63) is 76.4 Å². The van der Waals surface area contributed by atoms with Gasteiger partial charge in [0.15, 0.2) is 11.4 Å². The maximum atomic E-state index is 14.4. The van der Waals surface area contributed by atoms with Crippen molar-refractivity contribution in [1.29, 1.82) is 0 Å². The number of nitrogens with one attached hydrogen (secondary N) is 2. The first-order valence-corrected chi connectivity index (χ1v) is 25.0. The number of oxazole rings is 1. The Morgan fingerprint density at radius 2 is 1.77 bits per heavy atom. The molecule has 0 spiro atoms. The largest absolute Gasteiger partial charge is 0.444 e. The van der Waals surface area contributed by atoms with Gasteiger partial charge in [0.2, 0.25) is 17.7 Å². The number of carbonyl (C=O) groups excluding carboxylic acids is 4. The summed E-state index contributed by atoms with van der Waals surface area (Å²) in [7, 11) is 1.72. The molecule has 0 bridgehead atoms. The number of piperidine rings is 2. The van der Waals surface area contributed by atoms with E-state index in [1.165, 1.54) is 21.9 Å². The molecule has 4 fully saturated rings. The van der Waals surface area contributed by atoms with Crippen LogP contribution in [-0.4, -0.2) is 102 Å². The molecule has 2 aliphatic heterocycles. The van der Waals surface area contributed by atoms with Crippen molar-refractivity contribution >= 4 is 46.4 Å². The second kappa shape index (κ2) is 20.8. The van der Waals surface area contributed by atoms with Gasteiger partial charge in [0.05, 0.1) is 28.9 Å². The number of fused-ring (bicyclic) bond motifs is 1. The highest BCUT2D eigenvalue weighted by atomic mass is 19.3. The summed E-state index contributed by atoms with van der Waals surface area (Å²) in [6.45, 7) is 10.6. The fourth-order valence-electron chi connectivity index (χ4n) is 10.4. The summed E-state index contributed by atoms with van der Waals surface area (Å²) < 4.78 is 51.1. The number of para-hydroxylation sites is 1. The Morgan fingerprint density at radius 1 is 1.01 bits per heavy atom. The van der Waals surface area contributed by atoms with E-state index in [0.717, 1.165) is 88.2 Å². The molecule has 20 heteroatoms. The van der Waals surface area contributed by atoms with Crippen molar-refractivity contribution in [2.45, 2.75) is 141 Å². The number of likely N-dealkylation sites (tertiary alicyclic amines) is 1. The highest BCUT2D eigenvalue weighted by Crippen LogP contribution is 2.38. The summed E-state index contributed by atoms with van der Waals surface area (Å²) in [5, 5.41) is 9.24. The summed E-state index contributed by atoms with van der Waals surface area (Å²) in [5.74, 6) is -0.254. The normalized spacial score (nSPS) is 20.9. The van der Waals surface area contributed by atoms with Crippen LogP contribution in [0.4, 0.5) is 25.1 Å². The molecule has 2 N–H and O–H groups in total. The van der Waals surface area contributed by atoms with E-state index in [0.29, 0.717) is 54.3 Å². The third kappa shape index (κ3) is 11.3. The van der Waals surface area contributed by atoms with Crippen LogP contribution < -0.4 is 21.2 Å². The molecule has 6 heterocycles. The molecule has 71 heavy (non-hydrogen) atoms. The fraction of sp³-hybridized carbons (Fsp3) is 0.569. The van der Waals surface area contributed by atoms with Crippen LogP contribution in [0.5, 0.6) is 0 Å². The van der Waals surface area contributed by atoms with Crippen molar-refractivity contribution in [2.24, 2.45) is 18.9 Å². The first-order valence-electron chi connectivity index (χ1n) is 25.0. The Bertz CT molecular complexity index is 2810. The number of carbonyl (C=O) groups is 4. The third-order valence-corrected chi connectivity index (χ3v) is 14.5. The predicted molar refractivity (Wildman–Crippen MR) is 259 cm³/mol. The average Bonchev–Trinajstić information content (AvgIpc) is 3.73. The monoisotopic (exact) mass is 982 g/mol. The number of amides is 4. The highest BCUT2D eigenvalue weighted by Gasteiger charge is 2.35. The van der Waals surface area contributed by atoms with Crippen molar-refractivity contribution in [3.8, 4) is 11.5 Å². The Morgan fingerprint density at radius 3 is 2.48 bits per heavy atom. The SMILES string of the molecule is CC(C1CCC(n2cc(NC(=O)c3coc(-c4ccnc(N(CC5CC5)C(=O)OC(C)(C)C)c4)n3)c(C(F)F)n2)CC1)N1CCC(OCCCc2cccc3c2n(C)c(=O)n3C2CCC(=O)NC2=O)CC1. The molecule has 0 radical (unpaired) electrons. The van der Waals surface area contributed by atoms with E-state index in [2.05, 4.69) is 37.5 Å². The van der Waals surface area contributed by atoms with Crippen LogP contribution in [-0.2, 0) is 32.5 Å². The summed E-state index contributed by atoms with van der Waals surface area (Å²) in [6, 6.07) is 8.57. The van der Waals surface area contributed by atoms with Crippen molar-refractivity contribution < 1.29 is 41.8 Å². The van der Waals surface area contributed by atoms with Crippen LogP contribution in [0.3, 0.4) is 0 Å². The molecule has 380 valence electrons. The molecule has 2 saturated carbocycles. The molecule has 2 atom stereocenters. The lowest BCUT2D eigenvalue weighted by Gasteiger charge is -2.41. The zero-order valence-corrected chi connectivity index (χ0v) is 41.1. The highest BCUT2D eigenvalue weighted by molar-refractivity contribution is 6.03. The van der Waals surface area contributed by atoms with Crippen LogP contribution in [0.2, 0.25) is 0 Å². The second-order valence-electron chi connectivity index (χ2n) is 20.6. The smallest absolute Gasteiger partial charge is 0.416 e. The molecule has 2 aliphatic carbocycles. The van der Waals surface area contributed by atoms with Gasteiger partial charge in [-0.2, -0.15) is 5.10 Å². The number of nitrogens with zero attached hydrogens (tertiary/aromatic N) is 8. The number of ether oxygens (including phenoxy) is 2. The number of imide groups is 1. The number of anilines is 2. The number of aromatic nitrogens is 6. The zero-order chi connectivity index (χ0) is 50.1. The Labute approximate surface area is 410 Å². The number of benzene rings is 1. The number of rotatable bonds is 16. The van der Waals surface area contributed by atoms with Gasteiger partial charge in [0.25, 0.3) is 12.3 Å². The Hall–Kier alpha value is -6.28. The molecule has 4 aliphatic rings. The van der Waals surface area contributed by atoms with Gasteiger partial charge >= 0.3 is 11.8 Å². The molecule has 18 nitrogen and oxygen atoms in total. The van der Waals surface area contributed by atoms with E-state index in [-0.39, 0.29) is 53.9 Å². The number of imidazole rings is 1. The van der Waals surface area contributed by atoms with Crippen LogP contribution in [0.1, 0.15) is 139 Å². The van der Waals surface area contributed by atoms with Gasteiger partial charge in [-0.15, -0.1) is 0 Å². The maximum Gasteiger partial charge on any atom is 0.416 e. The lowest BCUT2D eigenvalue weighted by molar-refractivity contribution is -0.135. The van der Waals surface area contributed by atoms with Gasteiger partial charge in [0.1, 0.15) is 23.7 Å². The van der Waals surface area contributed by atoms with Crippen molar-refractivity contribution in [3.63, 3.8) is 0 Å². The second-order valence-corrected chi connectivity index (χ2v) is 20.6. The van der Waals surface area contributed by atoms with Gasteiger partial charge in [-0.3, -0.25) is 38.4 Å². The van der Waals surface area contributed by atoms with E-state index >= 15 is 0 Å². The average molecular weight is 983 g/mol. The van der Waals surface area contributed by atoms with E-state index in [1.54, 1.807) is 49.2 Å². The summed E-state index contributed by atoms with van der Waals surface area (Å²) in [5.41, 5.74) is 1.27. The lowest BCUT2D eigenvalue weighted by atomic mass is 9.81. The number of halogens is 2. The van der Waals surface area contributed by atoms with E-state index in [4.69, 9.17) is 13.9 Å². The quantitative estimate of drug-likeness (QED) is 0.0711. The van der Waals surface area contributed by atoms with Crippen LogP contribution >= 0.6 is 0 Å². The number of alkyl halides is 2. The van der Waals surface area contributed by atoms with Gasteiger partial charge in [0, 0.05) is 63.7 Å². The molecule has 4 aromatic heterocycles. The number of hydrogen-bond donors (Lipinski definition) is 2. The number of hydrogen-bond acceptors (Lipinski definition) is 12. The molecular weight excluding hydrogens is 919 g/mol. The maximum absolute atomic E-state index is 14.4. The molecule has 9 rings (SSSR count). The number of pyridine rings is 1. The minimum atomic E-state index is -2.92. The zero-order valence-electron chi connectivity index (χ0n) is 41.1. The first kappa shape index (κ1) is 49.7. The topological polar surface area (TPSA) is 201 Å². The third-order valence-electron chi connectivity index (χ3n) is 14.5. The molecule has 4 amide bonds. The molecule has 5 aromatic rings.